The molecule has 0 spiro atoms. The molecule has 1 aliphatic heterocycles. The summed E-state index contributed by atoms with van der Waals surface area (Å²) in [5.74, 6) is 0.860. The third-order valence-electron chi connectivity index (χ3n) is 4.28. The Morgan fingerprint density at radius 3 is 2.17 bits per heavy atom. The summed E-state index contributed by atoms with van der Waals surface area (Å²) in [6, 6.07) is 0. The Hall–Kier alpha value is -1.69. The number of nitrogens with zero attached hydrogens (tertiary/aromatic N) is 5. The van der Waals surface area contributed by atoms with Crippen LogP contribution in [-0.4, -0.2) is 71.5 Å². The third-order valence-corrected chi connectivity index (χ3v) is 4.28. The molecule has 0 radical (unpaired) electrons. The number of likely N-dealkylation sites (N-methyl/N-ethyl adjacent to an activating group) is 1. The molecule has 1 saturated heterocycles. The average Bonchev–Trinajstić information content (AvgIpc) is 2.61. The zero-order valence-corrected chi connectivity index (χ0v) is 14.7. The van der Waals surface area contributed by atoms with Crippen LogP contribution in [0.3, 0.4) is 0 Å². The quantitative estimate of drug-likeness (QED) is 0.768. The fraction of sp³-hybridized carbons (Fsp3) is 0.706. The fourth-order valence-corrected chi connectivity index (χ4v) is 2.90. The number of hydrogen-bond acceptors (Lipinski definition) is 5. The van der Waals surface area contributed by atoms with Gasteiger partial charge in [0.1, 0.15) is 11.5 Å². The molecule has 0 atom stereocenters. The number of carbonyl (C=O) groups is 1. The second-order valence-electron chi connectivity index (χ2n) is 5.97. The summed E-state index contributed by atoms with van der Waals surface area (Å²) >= 11 is 0. The van der Waals surface area contributed by atoms with E-state index in [1.54, 1.807) is 12.4 Å². The zero-order chi connectivity index (χ0) is 16.7. The molecule has 128 valence electrons. The first-order valence-electron chi connectivity index (χ1n) is 8.78. The molecule has 0 aliphatic carbocycles. The van der Waals surface area contributed by atoms with Gasteiger partial charge in [0.2, 0.25) is 0 Å². The van der Waals surface area contributed by atoms with E-state index in [0.29, 0.717) is 5.69 Å². The number of aromatic nitrogens is 2. The molecule has 0 unspecified atom stereocenters. The topological polar surface area (TPSA) is 52.6 Å². The molecule has 23 heavy (non-hydrogen) atoms. The maximum Gasteiger partial charge on any atom is 0.274 e. The number of hydrogen-bond donors (Lipinski definition) is 0. The van der Waals surface area contributed by atoms with E-state index >= 15 is 0 Å². The summed E-state index contributed by atoms with van der Waals surface area (Å²) in [4.78, 5) is 27.9. The Labute approximate surface area is 139 Å². The van der Waals surface area contributed by atoms with Gasteiger partial charge in [-0.2, -0.15) is 0 Å². The van der Waals surface area contributed by atoms with Gasteiger partial charge in [0.15, 0.2) is 0 Å². The summed E-state index contributed by atoms with van der Waals surface area (Å²) in [6.45, 7) is 13.0. The molecule has 0 saturated carbocycles. The van der Waals surface area contributed by atoms with Gasteiger partial charge in [-0.1, -0.05) is 20.8 Å². The van der Waals surface area contributed by atoms with Crippen molar-refractivity contribution in [3.8, 4) is 0 Å². The van der Waals surface area contributed by atoms with Crippen LogP contribution in [-0.2, 0) is 0 Å². The molecule has 1 amide bonds. The lowest BCUT2D eigenvalue weighted by Gasteiger charge is -2.34. The molecule has 0 N–H and O–H groups in total. The van der Waals surface area contributed by atoms with Crippen LogP contribution in [0.15, 0.2) is 12.4 Å². The van der Waals surface area contributed by atoms with Gasteiger partial charge in [0.05, 0.1) is 12.4 Å². The highest BCUT2D eigenvalue weighted by molar-refractivity contribution is 5.92. The van der Waals surface area contributed by atoms with Gasteiger partial charge < -0.3 is 14.7 Å². The highest BCUT2D eigenvalue weighted by atomic mass is 16.2. The molecule has 6 heteroatoms. The minimum Gasteiger partial charge on any atom is -0.353 e. The monoisotopic (exact) mass is 319 g/mol. The van der Waals surface area contributed by atoms with Crippen LogP contribution in [0.25, 0.3) is 0 Å². The van der Waals surface area contributed by atoms with Gasteiger partial charge in [-0.15, -0.1) is 0 Å². The predicted molar refractivity (Wildman–Crippen MR) is 92.8 cm³/mol. The van der Waals surface area contributed by atoms with Crippen molar-refractivity contribution in [3.05, 3.63) is 18.1 Å². The van der Waals surface area contributed by atoms with Crippen molar-refractivity contribution >= 4 is 11.7 Å². The minimum atomic E-state index is -0.0106. The molecule has 0 bridgehead atoms. The lowest BCUT2D eigenvalue weighted by atomic mass is 10.3. The van der Waals surface area contributed by atoms with E-state index in [4.69, 9.17) is 0 Å². The fourth-order valence-electron chi connectivity index (χ4n) is 2.90. The first-order valence-corrected chi connectivity index (χ1v) is 8.78. The zero-order valence-electron chi connectivity index (χ0n) is 14.7. The molecule has 0 aromatic carbocycles. The van der Waals surface area contributed by atoms with Crippen LogP contribution in [0.5, 0.6) is 0 Å². The van der Waals surface area contributed by atoms with Gasteiger partial charge in [0.25, 0.3) is 5.91 Å². The summed E-state index contributed by atoms with van der Waals surface area (Å²) in [5, 5.41) is 0. The maximum atomic E-state index is 12.5. The standard InChI is InChI=1S/C17H29N5O/c1-4-7-22(8-5-2)17(23)15-13-19-16(14-18-15)21-11-9-20(6-3)10-12-21/h13-14H,4-12H2,1-3H3. The third kappa shape index (κ3) is 4.64. The second kappa shape index (κ2) is 8.82. The molecule has 2 rings (SSSR count). The van der Waals surface area contributed by atoms with E-state index in [9.17, 15) is 4.79 Å². The molecular formula is C17H29N5O. The Morgan fingerprint density at radius 2 is 1.70 bits per heavy atom. The van der Waals surface area contributed by atoms with Crippen LogP contribution >= 0.6 is 0 Å². The minimum absolute atomic E-state index is 0.0106. The normalized spacial score (nSPS) is 15.7. The van der Waals surface area contributed by atoms with Gasteiger partial charge in [-0.25, -0.2) is 9.97 Å². The van der Waals surface area contributed by atoms with E-state index in [1.807, 2.05) is 4.90 Å². The van der Waals surface area contributed by atoms with E-state index in [0.717, 1.165) is 64.5 Å². The van der Waals surface area contributed by atoms with E-state index < -0.39 is 0 Å². The van der Waals surface area contributed by atoms with Crippen LogP contribution < -0.4 is 4.90 Å². The van der Waals surface area contributed by atoms with Gasteiger partial charge in [0, 0.05) is 39.3 Å². The highest BCUT2D eigenvalue weighted by Gasteiger charge is 2.19. The van der Waals surface area contributed by atoms with Crippen LogP contribution in [0, 0.1) is 0 Å². The number of carbonyl (C=O) groups excluding carboxylic acids is 1. The first-order chi connectivity index (χ1) is 11.2. The number of piperazine rings is 1. The van der Waals surface area contributed by atoms with Gasteiger partial charge >= 0.3 is 0 Å². The van der Waals surface area contributed by atoms with Gasteiger partial charge in [-0.05, 0) is 19.4 Å². The highest BCUT2D eigenvalue weighted by Crippen LogP contribution is 2.13. The smallest absolute Gasteiger partial charge is 0.274 e. The van der Waals surface area contributed by atoms with E-state index in [1.165, 1.54) is 0 Å². The molecule has 1 aliphatic rings. The van der Waals surface area contributed by atoms with E-state index in [-0.39, 0.29) is 5.91 Å². The van der Waals surface area contributed by atoms with Crippen molar-refractivity contribution in [1.29, 1.82) is 0 Å². The average molecular weight is 319 g/mol. The van der Waals surface area contributed by atoms with E-state index in [2.05, 4.69) is 40.5 Å². The molecule has 2 heterocycles. The van der Waals surface area contributed by atoms with Crippen molar-refractivity contribution in [2.45, 2.75) is 33.6 Å². The maximum absolute atomic E-state index is 12.5. The van der Waals surface area contributed by atoms with Gasteiger partial charge in [-0.3, -0.25) is 4.79 Å². The number of rotatable bonds is 7. The molecule has 1 aromatic heterocycles. The summed E-state index contributed by atoms with van der Waals surface area (Å²) < 4.78 is 0. The predicted octanol–water partition coefficient (Wildman–Crippen LogP) is 1.88. The molecule has 1 fully saturated rings. The second-order valence-corrected chi connectivity index (χ2v) is 5.97. The summed E-state index contributed by atoms with van der Waals surface area (Å²) in [7, 11) is 0. The molecule has 1 aromatic rings. The van der Waals surface area contributed by atoms with Crippen molar-refractivity contribution in [1.82, 2.24) is 19.8 Å². The van der Waals surface area contributed by atoms with Crippen LogP contribution in [0.1, 0.15) is 44.1 Å². The van der Waals surface area contributed by atoms with Crippen molar-refractivity contribution in [2.24, 2.45) is 0 Å². The first kappa shape index (κ1) is 17.7. The molecular weight excluding hydrogens is 290 g/mol. The lowest BCUT2D eigenvalue weighted by Crippen LogP contribution is -2.46. The molecule has 6 nitrogen and oxygen atoms in total. The number of amides is 1. The van der Waals surface area contributed by atoms with Crippen LogP contribution in [0.2, 0.25) is 0 Å². The van der Waals surface area contributed by atoms with Crippen molar-refractivity contribution < 1.29 is 4.79 Å². The lowest BCUT2D eigenvalue weighted by molar-refractivity contribution is 0.0749. The Kier molecular flexibility index (Phi) is 6.77. The Bertz CT molecular complexity index is 476. The largest absolute Gasteiger partial charge is 0.353 e. The van der Waals surface area contributed by atoms with Crippen molar-refractivity contribution in [3.63, 3.8) is 0 Å². The van der Waals surface area contributed by atoms with Crippen LogP contribution in [0.4, 0.5) is 5.82 Å². The van der Waals surface area contributed by atoms with Crippen molar-refractivity contribution in [2.75, 3.05) is 50.7 Å². The summed E-state index contributed by atoms with van der Waals surface area (Å²) in [6.07, 6.45) is 5.28. The SMILES string of the molecule is CCCN(CCC)C(=O)c1cnc(N2CCN(CC)CC2)cn1. The Balaban J connectivity index is 2.00. The number of anilines is 1. The Morgan fingerprint density at radius 1 is 1.04 bits per heavy atom. The summed E-state index contributed by atoms with van der Waals surface area (Å²) in [5.41, 5.74) is 0.447.